The Balaban J connectivity index is 1.98. The maximum absolute atomic E-state index is 13.5. The van der Waals surface area contributed by atoms with E-state index < -0.39 is 11.6 Å². The highest BCUT2D eigenvalue weighted by Gasteiger charge is 2.12. The van der Waals surface area contributed by atoms with Crippen LogP contribution in [0.25, 0.3) is 23.1 Å². The molecule has 3 rings (SSSR count). The lowest BCUT2D eigenvalue weighted by Crippen LogP contribution is -2.17. The van der Waals surface area contributed by atoms with Gasteiger partial charge in [-0.25, -0.2) is 18.7 Å². The van der Waals surface area contributed by atoms with Crippen molar-refractivity contribution < 1.29 is 18.3 Å². The molecule has 0 aliphatic heterocycles. The van der Waals surface area contributed by atoms with Crippen molar-refractivity contribution in [1.82, 2.24) is 14.9 Å². The number of nitrogens with one attached hydrogen (secondary N) is 1. The summed E-state index contributed by atoms with van der Waals surface area (Å²) in [6.07, 6.45) is 4.24. The fraction of sp³-hybridized carbons (Fsp3) is 0.304. The lowest BCUT2D eigenvalue weighted by Gasteiger charge is -2.14. The van der Waals surface area contributed by atoms with E-state index >= 15 is 0 Å². The Morgan fingerprint density at radius 1 is 0.968 bits per heavy atom. The van der Waals surface area contributed by atoms with Gasteiger partial charge in [0.1, 0.15) is 5.82 Å². The number of methoxy groups -OCH3 is 2. The van der Waals surface area contributed by atoms with Gasteiger partial charge in [-0.15, -0.1) is 0 Å². The zero-order chi connectivity index (χ0) is 22.4. The number of hydrogen-bond acceptors (Lipinski definition) is 6. The second kappa shape index (κ2) is 10.2. The molecule has 0 amide bonds. The minimum absolute atomic E-state index is 0.430. The predicted octanol–water partition coefficient (Wildman–Crippen LogP) is 4.46. The van der Waals surface area contributed by atoms with Crippen LogP contribution in [0.15, 0.2) is 30.3 Å². The summed E-state index contributed by atoms with van der Waals surface area (Å²) in [4.78, 5) is 11.3. The van der Waals surface area contributed by atoms with Crippen LogP contribution in [0.2, 0.25) is 0 Å². The molecule has 0 saturated carbocycles. The molecule has 2 aromatic carbocycles. The lowest BCUT2D eigenvalue weighted by molar-refractivity contribution is 0.356. The van der Waals surface area contributed by atoms with Crippen LogP contribution in [-0.4, -0.2) is 56.3 Å². The first-order valence-corrected chi connectivity index (χ1v) is 9.86. The Kier molecular flexibility index (Phi) is 7.36. The molecule has 1 aromatic heterocycles. The molecule has 0 saturated heterocycles. The van der Waals surface area contributed by atoms with Crippen LogP contribution in [0.5, 0.6) is 11.5 Å². The second-order valence-electron chi connectivity index (χ2n) is 7.25. The molecule has 164 valence electrons. The van der Waals surface area contributed by atoms with E-state index in [1.165, 1.54) is 6.07 Å². The zero-order valence-electron chi connectivity index (χ0n) is 18.1. The van der Waals surface area contributed by atoms with Gasteiger partial charge in [-0.2, -0.15) is 0 Å². The van der Waals surface area contributed by atoms with Gasteiger partial charge < -0.3 is 19.7 Å². The molecule has 6 nitrogen and oxygen atoms in total. The molecular formula is C23H26F2N4O2. The van der Waals surface area contributed by atoms with Crippen LogP contribution >= 0.6 is 0 Å². The van der Waals surface area contributed by atoms with Crippen LogP contribution in [0.1, 0.15) is 17.8 Å². The molecular weight excluding hydrogens is 402 g/mol. The highest BCUT2D eigenvalue weighted by Crippen LogP contribution is 2.34. The van der Waals surface area contributed by atoms with Gasteiger partial charge in [-0.3, -0.25) is 0 Å². The third-order valence-electron chi connectivity index (χ3n) is 4.66. The molecule has 1 heterocycles. The summed E-state index contributed by atoms with van der Waals surface area (Å²) in [5.41, 5.74) is 1.18. The Hall–Kier alpha value is -3.26. The molecule has 3 aromatic rings. The average Bonchev–Trinajstić information content (AvgIpc) is 2.76. The number of nitrogens with zero attached hydrogens (tertiary/aromatic N) is 3. The lowest BCUT2D eigenvalue weighted by atomic mass is 10.2. The number of anilines is 1. The summed E-state index contributed by atoms with van der Waals surface area (Å²) >= 11 is 0. The second-order valence-corrected chi connectivity index (χ2v) is 7.25. The molecule has 0 fully saturated rings. The van der Waals surface area contributed by atoms with E-state index in [1.807, 2.05) is 20.2 Å². The first-order chi connectivity index (χ1) is 14.9. The van der Waals surface area contributed by atoms with Crippen molar-refractivity contribution in [3.63, 3.8) is 0 Å². The summed E-state index contributed by atoms with van der Waals surface area (Å²) in [5.74, 6) is 0.447. The summed E-state index contributed by atoms with van der Waals surface area (Å²) < 4.78 is 37.5. The maximum Gasteiger partial charge on any atom is 0.162 e. The summed E-state index contributed by atoms with van der Waals surface area (Å²) in [6.45, 7) is 1.67. The van der Waals surface area contributed by atoms with E-state index in [0.717, 1.165) is 37.0 Å². The van der Waals surface area contributed by atoms with Crippen LogP contribution in [0.3, 0.4) is 0 Å². The molecule has 0 aliphatic carbocycles. The van der Waals surface area contributed by atoms with Crippen molar-refractivity contribution in [2.24, 2.45) is 0 Å². The van der Waals surface area contributed by atoms with E-state index in [2.05, 4.69) is 20.2 Å². The molecule has 0 aliphatic rings. The average molecular weight is 428 g/mol. The van der Waals surface area contributed by atoms with Crippen LogP contribution in [0, 0.1) is 11.6 Å². The van der Waals surface area contributed by atoms with Crippen LogP contribution in [0.4, 0.5) is 14.6 Å². The highest BCUT2D eigenvalue weighted by atomic mass is 19.2. The van der Waals surface area contributed by atoms with Gasteiger partial charge in [0, 0.05) is 18.0 Å². The molecule has 8 heteroatoms. The molecule has 31 heavy (non-hydrogen) atoms. The molecule has 0 unspecified atom stereocenters. The van der Waals surface area contributed by atoms with Crippen molar-refractivity contribution in [3.8, 4) is 11.5 Å². The normalized spacial score (nSPS) is 11.5. The monoisotopic (exact) mass is 428 g/mol. The Bertz CT molecular complexity index is 1090. The van der Waals surface area contributed by atoms with Crippen molar-refractivity contribution >= 4 is 28.9 Å². The Morgan fingerprint density at radius 3 is 2.39 bits per heavy atom. The standard InChI is InChI=1S/C23H26F2N4O2/c1-29(2)11-5-10-26-23-16-13-20(30-3)21(31-4)14-19(16)27-22(28-23)9-7-15-6-8-17(24)18(25)12-15/h6-9,12-14H,5,10-11H2,1-4H3,(H,26,27,28). The molecule has 0 atom stereocenters. The predicted molar refractivity (Wildman–Crippen MR) is 120 cm³/mol. The van der Waals surface area contributed by atoms with E-state index in [0.29, 0.717) is 34.2 Å². The van der Waals surface area contributed by atoms with Gasteiger partial charge in [0.05, 0.1) is 19.7 Å². The number of rotatable bonds is 9. The fourth-order valence-corrected chi connectivity index (χ4v) is 3.07. The number of hydrogen-bond donors (Lipinski definition) is 1. The van der Waals surface area contributed by atoms with Crippen LogP contribution < -0.4 is 14.8 Å². The topological polar surface area (TPSA) is 59.5 Å². The van der Waals surface area contributed by atoms with E-state index in [-0.39, 0.29) is 0 Å². The van der Waals surface area contributed by atoms with Crippen LogP contribution in [-0.2, 0) is 0 Å². The van der Waals surface area contributed by atoms with Gasteiger partial charge in [-0.1, -0.05) is 12.1 Å². The van der Waals surface area contributed by atoms with Gasteiger partial charge >= 0.3 is 0 Å². The van der Waals surface area contributed by atoms with Crippen molar-refractivity contribution in [2.45, 2.75) is 6.42 Å². The molecule has 1 N–H and O–H groups in total. The molecule has 0 bridgehead atoms. The summed E-state index contributed by atoms with van der Waals surface area (Å²) in [6, 6.07) is 7.33. The fourth-order valence-electron chi connectivity index (χ4n) is 3.07. The molecule has 0 spiro atoms. The third-order valence-corrected chi connectivity index (χ3v) is 4.66. The number of ether oxygens (including phenoxy) is 2. The number of fused-ring (bicyclic) bond motifs is 1. The SMILES string of the molecule is COc1cc2nc(C=Cc3ccc(F)c(F)c3)nc(NCCCN(C)C)c2cc1OC. The van der Waals surface area contributed by atoms with E-state index in [1.54, 1.807) is 32.4 Å². The minimum atomic E-state index is -0.901. The van der Waals surface area contributed by atoms with E-state index in [4.69, 9.17) is 9.47 Å². The molecule has 0 radical (unpaired) electrons. The number of benzene rings is 2. The summed E-state index contributed by atoms with van der Waals surface area (Å²) in [5, 5.41) is 4.17. The Labute approximate surface area is 180 Å². The van der Waals surface area contributed by atoms with Crippen molar-refractivity contribution in [3.05, 3.63) is 53.4 Å². The maximum atomic E-state index is 13.5. The first kappa shape index (κ1) is 22.4. The van der Waals surface area contributed by atoms with Gasteiger partial charge in [0.2, 0.25) is 0 Å². The summed E-state index contributed by atoms with van der Waals surface area (Å²) in [7, 11) is 7.19. The van der Waals surface area contributed by atoms with Gasteiger partial charge in [0.25, 0.3) is 0 Å². The number of halogens is 2. The van der Waals surface area contributed by atoms with Gasteiger partial charge in [0.15, 0.2) is 29.0 Å². The van der Waals surface area contributed by atoms with Gasteiger partial charge in [-0.05, 0) is 56.9 Å². The zero-order valence-corrected chi connectivity index (χ0v) is 18.1. The smallest absolute Gasteiger partial charge is 0.162 e. The quantitative estimate of drug-likeness (QED) is 0.508. The van der Waals surface area contributed by atoms with E-state index in [9.17, 15) is 8.78 Å². The number of aromatic nitrogens is 2. The highest BCUT2D eigenvalue weighted by molar-refractivity contribution is 5.92. The largest absolute Gasteiger partial charge is 0.493 e. The first-order valence-electron chi connectivity index (χ1n) is 9.86. The minimum Gasteiger partial charge on any atom is -0.493 e. The van der Waals surface area contributed by atoms with Crippen molar-refractivity contribution in [2.75, 3.05) is 46.7 Å². The van der Waals surface area contributed by atoms with Crippen molar-refractivity contribution in [1.29, 1.82) is 0 Å². The third kappa shape index (κ3) is 5.67. The Morgan fingerprint density at radius 2 is 1.71 bits per heavy atom.